The third-order valence-corrected chi connectivity index (χ3v) is 7.49. The number of rotatable bonds is 4. The van der Waals surface area contributed by atoms with Crippen molar-refractivity contribution in [3.8, 4) is 0 Å². The van der Waals surface area contributed by atoms with Crippen LogP contribution in [0.5, 0.6) is 0 Å². The minimum Gasteiger partial charge on any atom is -0.354 e. The van der Waals surface area contributed by atoms with Crippen molar-refractivity contribution in [3.63, 3.8) is 0 Å². The van der Waals surface area contributed by atoms with Gasteiger partial charge in [-0.3, -0.25) is 0 Å². The van der Waals surface area contributed by atoms with Crippen LogP contribution >= 0.6 is 11.8 Å². The number of aryl methyl sites for hydroxylation is 2. The Balaban J connectivity index is 1.44. The maximum Gasteiger partial charge on any atom is 0.147 e. The van der Waals surface area contributed by atoms with Gasteiger partial charge in [0.05, 0.1) is 11.9 Å². The van der Waals surface area contributed by atoms with Crippen molar-refractivity contribution < 1.29 is 0 Å². The summed E-state index contributed by atoms with van der Waals surface area (Å²) in [5.41, 5.74) is 4.02. The van der Waals surface area contributed by atoms with Gasteiger partial charge in [0.1, 0.15) is 10.8 Å². The standard InChI is InChI=1S/C22H30N4S/c1-15-8-7-9-18(16(15)2)27-21-17(3)25-20(12-24-21)26-13-22(4,14-26)19-10-5-6-11-23-19/h7-9,12,19,23H,5-6,10-11,13-14H2,1-4H3. The molecule has 4 rings (SSSR count). The molecule has 0 amide bonds. The Morgan fingerprint density at radius 3 is 2.70 bits per heavy atom. The van der Waals surface area contributed by atoms with Crippen molar-refractivity contribution in [1.82, 2.24) is 15.3 Å². The molecule has 2 aliphatic rings. The normalized spacial score (nSPS) is 21.8. The molecule has 1 unspecified atom stereocenters. The summed E-state index contributed by atoms with van der Waals surface area (Å²) in [5.74, 6) is 1.02. The minimum atomic E-state index is 0.363. The third kappa shape index (κ3) is 3.72. The average Bonchev–Trinajstić information content (AvgIpc) is 2.65. The Morgan fingerprint density at radius 2 is 2.00 bits per heavy atom. The van der Waals surface area contributed by atoms with E-state index in [9.17, 15) is 0 Å². The second-order valence-electron chi connectivity index (χ2n) is 8.43. The Kier molecular flexibility index (Phi) is 5.17. The molecule has 0 spiro atoms. The monoisotopic (exact) mass is 382 g/mol. The Morgan fingerprint density at radius 1 is 1.19 bits per heavy atom. The zero-order valence-corrected chi connectivity index (χ0v) is 17.7. The quantitative estimate of drug-likeness (QED) is 0.842. The molecular formula is C22H30N4S. The van der Waals surface area contributed by atoms with Crippen LogP contribution in [-0.4, -0.2) is 35.6 Å². The van der Waals surface area contributed by atoms with Gasteiger partial charge in [0.2, 0.25) is 0 Å². The highest BCUT2D eigenvalue weighted by Gasteiger charge is 2.45. The van der Waals surface area contributed by atoms with Gasteiger partial charge in [0, 0.05) is 29.4 Å². The van der Waals surface area contributed by atoms with Crippen LogP contribution in [0.2, 0.25) is 0 Å². The highest BCUT2D eigenvalue weighted by atomic mass is 32.2. The highest BCUT2D eigenvalue weighted by Crippen LogP contribution is 2.39. The van der Waals surface area contributed by atoms with Crippen LogP contribution in [0.25, 0.3) is 0 Å². The van der Waals surface area contributed by atoms with Crippen molar-refractivity contribution >= 4 is 17.6 Å². The number of nitrogens with zero attached hydrogens (tertiary/aromatic N) is 3. The maximum atomic E-state index is 4.88. The largest absolute Gasteiger partial charge is 0.354 e. The molecule has 2 saturated heterocycles. The number of nitrogens with one attached hydrogen (secondary N) is 1. The predicted molar refractivity (Wildman–Crippen MR) is 113 cm³/mol. The lowest BCUT2D eigenvalue weighted by Gasteiger charge is -2.54. The van der Waals surface area contributed by atoms with E-state index in [4.69, 9.17) is 9.97 Å². The second-order valence-corrected chi connectivity index (χ2v) is 9.46. The molecule has 4 nitrogen and oxygen atoms in total. The van der Waals surface area contributed by atoms with Crippen LogP contribution in [0.15, 0.2) is 34.3 Å². The number of piperidine rings is 1. The van der Waals surface area contributed by atoms with Crippen molar-refractivity contribution in [3.05, 3.63) is 41.2 Å². The smallest absolute Gasteiger partial charge is 0.147 e. The molecule has 144 valence electrons. The number of aromatic nitrogens is 2. The van der Waals surface area contributed by atoms with Crippen LogP contribution < -0.4 is 10.2 Å². The van der Waals surface area contributed by atoms with Gasteiger partial charge in [-0.25, -0.2) is 9.97 Å². The average molecular weight is 383 g/mol. The lowest BCUT2D eigenvalue weighted by Crippen LogP contribution is -2.64. The lowest BCUT2D eigenvalue weighted by molar-refractivity contribution is 0.137. The van der Waals surface area contributed by atoms with E-state index < -0.39 is 0 Å². The van der Waals surface area contributed by atoms with E-state index >= 15 is 0 Å². The first-order valence-corrected chi connectivity index (χ1v) is 10.8. The summed E-state index contributed by atoms with van der Waals surface area (Å²) in [6.07, 6.45) is 5.94. The number of benzene rings is 1. The highest BCUT2D eigenvalue weighted by molar-refractivity contribution is 7.99. The molecule has 2 fully saturated rings. The topological polar surface area (TPSA) is 41.1 Å². The molecule has 2 aromatic rings. The third-order valence-electron chi connectivity index (χ3n) is 6.23. The van der Waals surface area contributed by atoms with Crippen molar-refractivity contribution in [2.45, 2.75) is 62.9 Å². The van der Waals surface area contributed by atoms with Crippen molar-refractivity contribution in [2.75, 3.05) is 24.5 Å². The summed E-state index contributed by atoms with van der Waals surface area (Å²) in [5, 5.41) is 4.73. The Labute approximate surface area is 167 Å². The lowest BCUT2D eigenvalue weighted by atomic mass is 9.72. The zero-order valence-electron chi connectivity index (χ0n) is 16.9. The van der Waals surface area contributed by atoms with E-state index in [1.165, 1.54) is 41.8 Å². The molecule has 3 heterocycles. The molecule has 2 aliphatic heterocycles. The molecule has 27 heavy (non-hydrogen) atoms. The van der Waals surface area contributed by atoms with E-state index in [2.05, 4.69) is 56.1 Å². The summed E-state index contributed by atoms with van der Waals surface area (Å²) in [6.45, 7) is 12.1. The molecule has 1 atom stereocenters. The summed E-state index contributed by atoms with van der Waals surface area (Å²) in [7, 11) is 0. The molecule has 0 bridgehead atoms. The first-order valence-electron chi connectivity index (χ1n) is 10.0. The van der Waals surface area contributed by atoms with Crippen molar-refractivity contribution in [2.24, 2.45) is 5.41 Å². The van der Waals surface area contributed by atoms with Crippen LogP contribution in [0.4, 0.5) is 5.82 Å². The maximum absolute atomic E-state index is 4.88. The molecule has 1 aromatic carbocycles. The fraction of sp³-hybridized carbons (Fsp3) is 0.545. The fourth-order valence-corrected chi connectivity index (χ4v) is 5.27. The van der Waals surface area contributed by atoms with E-state index in [-0.39, 0.29) is 0 Å². The van der Waals surface area contributed by atoms with Gasteiger partial charge in [-0.05, 0) is 57.4 Å². The number of hydrogen-bond donors (Lipinski definition) is 1. The molecule has 5 heteroatoms. The second kappa shape index (κ2) is 7.44. The van der Waals surface area contributed by atoms with E-state index in [0.29, 0.717) is 11.5 Å². The summed E-state index contributed by atoms with van der Waals surface area (Å²) in [6, 6.07) is 7.08. The van der Waals surface area contributed by atoms with E-state index in [1.807, 2.05) is 6.20 Å². The summed E-state index contributed by atoms with van der Waals surface area (Å²) >= 11 is 1.72. The first-order chi connectivity index (χ1) is 13.0. The summed E-state index contributed by atoms with van der Waals surface area (Å²) < 4.78 is 0. The first kappa shape index (κ1) is 18.8. The van der Waals surface area contributed by atoms with Gasteiger partial charge in [0.25, 0.3) is 0 Å². The van der Waals surface area contributed by atoms with Gasteiger partial charge >= 0.3 is 0 Å². The fourth-order valence-electron chi connectivity index (χ4n) is 4.30. The van der Waals surface area contributed by atoms with Crippen molar-refractivity contribution in [1.29, 1.82) is 0 Å². The Bertz CT molecular complexity index is 823. The van der Waals surface area contributed by atoms with Crippen LogP contribution in [0, 0.1) is 26.2 Å². The number of anilines is 1. The van der Waals surface area contributed by atoms with E-state index in [0.717, 1.165) is 29.6 Å². The number of hydrogen-bond acceptors (Lipinski definition) is 5. The SMILES string of the molecule is Cc1cccc(Sc2ncc(N3CC(C)(C4CCCCN4)C3)nc2C)c1C. The van der Waals surface area contributed by atoms with Crippen LogP contribution in [-0.2, 0) is 0 Å². The van der Waals surface area contributed by atoms with Gasteiger partial charge in [0.15, 0.2) is 0 Å². The van der Waals surface area contributed by atoms with Crippen LogP contribution in [0.3, 0.4) is 0 Å². The van der Waals surface area contributed by atoms with Gasteiger partial charge in [-0.1, -0.05) is 37.2 Å². The molecular weight excluding hydrogens is 352 g/mol. The molecule has 1 N–H and O–H groups in total. The minimum absolute atomic E-state index is 0.363. The Hall–Kier alpha value is -1.59. The molecule has 0 radical (unpaired) electrons. The summed E-state index contributed by atoms with van der Waals surface area (Å²) in [4.78, 5) is 13.3. The van der Waals surface area contributed by atoms with Gasteiger partial charge in [-0.2, -0.15) is 0 Å². The molecule has 0 aliphatic carbocycles. The van der Waals surface area contributed by atoms with E-state index in [1.54, 1.807) is 11.8 Å². The van der Waals surface area contributed by atoms with Crippen LogP contribution in [0.1, 0.15) is 43.0 Å². The molecule has 0 saturated carbocycles. The zero-order chi connectivity index (χ0) is 19.0. The predicted octanol–water partition coefficient (Wildman–Crippen LogP) is 4.52. The molecule has 1 aromatic heterocycles. The van der Waals surface area contributed by atoms with Gasteiger partial charge in [-0.15, -0.1) is 0 Å². The van der Waals surface area contributed by atoms with Gasteiger partial charge < -0.3 is 10.2 Å².